The van der Waals surface area contributed by atoms with Gasteiger partial charge in [-0.25, -0.2) is 0 Å². The van der Waals surface area contributed by atoms with Crippen molar-refractivity contribution in [3.63, 3.8) is 0 Å². The largest absolute Gasteiger partial charge is 0.353 e. The lowest BCUT2D eigenvalue weighted by atomic mass is 10.0. The number of carbonyl (C=O) groups excluding carboxylic acids is 1. The minimum absolute atomic E-state index is 0.0542. The Balaban J connectivity index is 1.58. The van der Waals surface area contributed by atoms with Crippen molar-refractivity contribution in [2.45, 2.75) is 19.1 Å². The van der Waals surface area contributed by atoms with Gasteiger partial charge in [0.2, 0.25) is 0 Å². The molecule has 0 bridgehead atoms. The van der Waals surface area contributed by atoms with Gasteiger partial charge in [0.1, 0.15) is 17.7 Å². The van der Waals surface area contributed by atoms with Gasteiger partial charge in [-0.1, -0.05) is 36.4 Å². The predicted octanol–water partition coefficient (Wildman–Crippen LogP) is 1.51. The average Bonchev–Trinajstić information content (AvgIpc) is 2.91. The third kappa shape index (κ3) is 2.78. The Morgan fingerprint density at radius 2 is 2.09 bits per heavy atom. The average molecular weight is 326 g/mol. The Labute approximate surface area is 139 Å². The number of likely N-dealkylation sites (N-methyl/N-ethyl adjacent to an activating group) is 1. The van der Waals surface area contributed by atoms with E-state index in [1.165, 1.54) is 15.3 Å². The summed E-state index contributed by atoms with van der Waals surface area (Å²) in [5.41, 5.74) is 3.26. The van der Waals surface area contributed by atoms with Gasteiger partial charge in [-0.05, 0) is 17.2 Å². The summed E-state index contributed by atoms with van der Waals surface area (Å²) in [6.07, 6.45) is 4.88. The van der Waals surface area contributed by atoms with Crippen molar-refractivity contribution in [3.8, 4) is 0 Å². The van der Waals surface area contributed by atoms with Gasteiger partial charge in [0, 0.05) is 6.42 Å². The Bertz CT molecular complexity index is 766. The highest BCUT2D eigenvalue weighted by Gasteiger charge is 2.32. The fraction of sp³-hybridized carbons (Fsp3) is 0.278. The number of hydrogen-bond acceptors (Lipinski definition) is 3. The van der Waals surface area contributed by atoms with Crippen molar-refractivity contribution < 1.29 is 9.69 Å². The van der Waals surface area contributed by atoms with Crippen LogP contribution in [-0.4, -0.2) is 25.7 Å². The highest BCUT2D eigenvalue weighted by Crippen LogP contribution is 2.36. The molecule has 2 aliphatic heterocycles. The molecule has 118 valence electrons. The summed E-state index contributed by atoms with van der Waals surface area (Å²) in [5, 5.41) is 7.54. The highest BCUT2D eigenvalue weighted by molar-refractivity contribution is 7.16. The van der Waals surface area contributed by atoms with Gasteiger partial charge in [0.05, 0.1) is 24.0 Å². The molecule has 3 N–H and O–H groups in total. The van der Waals surface area contributed by atoms with E-state index in [-0.39, 0.29) is 12.1 Å². The van der Waals surface area contributed by atoms with Gasteiger partial charge < -0.3 is 15.5 Å². The number of anilines is 1. The number of quaternary nitrogens is 1. The number of hydrogen-bond donors (Lipinski definition) is 3. The molecular formula is C18H20N3OS+. The van der Waals surface area contributed by atoms with Gasteiger partial charge in [-0.2, -0.15) is 0 Å². The molecule has 3 heterocycles. The Morgan fingerprint density at radius 1 is 1.26 bits per heavy atom. The van der Waals surface area contributed by atoms with Crippen molar-refractivity contribution in [2.24, 2.45) is 0 Å². The first-order valence-corrected chi connectivity index (χ1v) is 8.79. The van der Waals surface area contributed by atoms with E-state index in [1.807, 2.05) is 30.4 Å². The zero-order valence-electron chi connectivity index (χ0n) is 13.1. The molecule has 2 aliphatic rings. The molecule has 4 nitrogen and oxygen atoms in total. The number of benzene rings is 1. The van der Waals surface area contributed by atoms with Crippen LogP contribution in [0.3, 0.4) is 0 Å². The van der Waals surface area contributed by atoms with E-state index in [0.29, 0.717) is 0 Å². The van der Waals surface area contributed by atoms with E-state index in [2.05, 4.69) is 29.8 Å². The zero-order chi connectivity index (χ0) is 15.8. The van der Waals surface area contributed by atoms with E-state index in [4.69, 9.17) is 0 Å². The van der Waals surface area contributed by atoms with E-state index in [9.17, 15) is 4.79 Å². The van der Waals surface area contributed by atoms with Crippen LogP contribution >= 0.6 is 11.3 Å². The van der Waals surface area contributed by atoms with Crippen LogP contribution in [0.2, 0.25) is 0 Å². The van der Waals surface area contributed by atoms with Crippen LogP contribution in [-0.2, 0) is 13.0 Å². The first-order valence-electron chi connectivity index (χ1n) is 7.97. The monoisotopic (exact) mass is 326 g/mol. The number of carbonyl (C=O) groups is 1. The minimum atomic E-state index is -0.152. The van der Waals surface area contributed by atoms with Gasteiger partial charge in [0.25, 0.3) is 5.91 Å². The smallest absolute Gasteiger partial charge is 0.256 e. The number of nitrogens with one attached hydrogen (secondary N) is 3. The molecule has 4 rings (SSSR count). The molecule has 0 fully saturated rings. The van der Waals surface area contributed by atoms with Crippen molar-refractivity contribution >= 4 is 28.3 Å². The van der Waals surface area contributed by atoms with Crippen LogP contribution in [0.25, 0.3) is 6.08 Å². The maximum Gasteiger partial charge on any atom is 0.256 e. The van der Waals surface area contributed by atoms with Gasteiger partial charge in [0.15, 0.2) is 0 Å². The fourth-order valence-corrected chi connectivity index (χ4v) is 4.62. The lowest BCUT2D eigenvalue weighted by Gasteiger charge is -2.24. The molecule has 0 aliphatic carbocycles. The Kier molecular flexibility index (Phi) is 3.67. The number of amides is 1. The van der Waals surface area contributed by atoms with Crippen molar-refractivity contribution in [3.05, 3.63) is 58.0 Å². The molecule has 0 radical (unpaired) electrons. The van der Waals surface area contributed by atoms with Crippen LogP contribution in [0.1, 0.15) is 26.4 Å². The van der Waals surface area contributed by atoms with Crippen molar-refractivity contribution in [1.29, 1.82) is 0 Å². The number of rotatable bonds is 2. The second-order valence-corrected chi connectivity index (χ2v) is 7.31. The maximum atomic E-state index is 12.5. The summed E-state index contributed by atoms with van der Waals surface area (Å²) in [4.78, 5) is 15.4. The van der Waals surface area contributed by atoms with E-state index in [1.54, 1.807) is 11.3 Å². The van der Waals surface area contributed by atoms with Crippen molar-refractivity contribution in [2.75, 3.05) is 18.9 Å². The van der Waals surface area contributed by atoms with Crippen LogP contribution in [0.15, 0.2) is 36.4 Å². The molecule has 1 amide bonds. The van der Waals surface area contributed by atoms with Crippen LogP contribution in [0.4, 0.5) is 5.00 Å². The van der Waals surface area contributed by atoms with Gasteiger partial charge >= 0.3 is 0 Å². The molecule has 5 heteroatoms. The first-order chi connectivity index (χ1) is 11.2. The molecule has 2 aromatic rings. The minimum Gasteiger partial charge on any atom is -0.353 e. The number of thiophene rings is 1. The lowest BCUT2D eigenvalue weighted by Crippen LogP contribution is -3.08. The van der Waals surface area contributed by atoms with Crippen molar-refractivity contribution in [1.82, 2.24) is 5.32 Å². The third-order valence-electron chi connectivity index (χ3n) is 4.44. The maximum absolute atomic E-state index is 12.5. The van der Waals surface area contributed by atoms with E-state index >= 15 is 0 Å². The van der Waals surface area contributed by atoms with E-state index < -0.39 is 0 Å². The molecule has 0 spiro atoms. The molecule has 1 unspecified atom stereocenters. The van der Waals surface area contributed by atoms with E-state index in [0.717, 1.165) is 35.6 Å². The molecule has 2 atom stereocenters. The quantitative estimate of drug-likeness (QED) is 0.783. The Morgan fingerprint density at radius 3 is 2.91 bits per heavy atom. The normalized spacial score (nSPS) is 23.1. The third-order valence-corrected chi connectivity index (χ3v) is 5.60. The fourth-order valence-electron chi connectivity index (χ4n) is 3.22. The summed E-state index contributed by atoms with van der Waals surface area (Å²) < 4.78 is 0. The summed E-state index contributed by atoms with van der Waals surface area (Å²) in [5.74, 6) is 0.0542. The molecule has 0 saturated carbocycles. The highest BCUT2D eigenvalue weighted by atomic mass is 32.1. The van der Waals surface area contributed by atoms with Crippen LogP contribution in [0.5, 0.6) is 0 Å². The molecule has 0 saturated heterocycles. The topological polar surface area (TPSA) is 45.6 Å². The summed E-state index contributed by atoms with van der Waals surface area (Å²) >= 11 is 1.74. The molecule has 1 aromatic heterocycles. The molecule has 23 heavy (non-hydrogen) atoms. The van der Waals surface area contributed by atoms with Crippen LogP contribution < -0.4 is 15.5 Å². The second-order valence-electron chi connectivity index (χ2n) is 6.21. The van der Waals surface area contributed by atoms with Gasteiger partial charge in [-0.15, -0.1) is 11.3 Å². The SMILES string of the molecule is C[NH+]1CCc2c(sc3c2C(=O)N[C@H](/C=C\c2ccccc2)N3)C1. The molecule has 1 aromatic carbocycles. The van der Waals surface area contributed by atoms with Crippen LogP contribution in [0, 0.1) is 0 Å². The predicted molar refractivity (Wildman–Crippen MR) is 93.8 cm³/mol. The molecular weight excluding hydrogens is 306 g/mol. The Hall–Kier alpha value is -2.11. The lowest BCUT2D eigenvalue weighted by molar-refractivity contribution is -0.895. The summed E-state index contributed by atoms with van der Waals surface area (Å²) in [7, 11) is 2.21. The van der Waals surface area contributed by atoms with Gasteiger partial charge in [-0.3, -0.25) is 4.79 Å². The first kappa shape index (κ1) is 14.5. The summed E-state index contributed by atoms with van der Waals surface area (Å²) in [6, 6.07) is 10.1. The number of fused-ring (bicyclic) bond motifs is 3. The standard InChI is InChI=1S/C18H19N3OS/c1-21-10-9-13-14(11-21)23-18-16(13)17(22)19-15(20-18)8-7-12-5-3-2-4-6-12/h2-8,15,20H,9-11H2,1H3,(H,19,22)/p+1/b8-7-/t15-/m0/s1. The second kappa shape index (κ2) is 5.83. The zero-order valence-corrected chi connectivity index (χ0v) is 13.9. The summed E-state index contributed by atoms with van der Waals surface area (Å²) in [6.45, 7) is 2.12.